The van der Waals surface area contributed by atoms with Crippen LogP contribution in [-0.4, -0.2) is 11.9 Å². The predicted octanol–water partition coefficient (Wildman–Crippen LogP) is 4.40. The number of nitrogens with one attached hydrogen (secondary N) is 2. The Morgan fingerprint density at radius 3 is 2.33 bits per heavy atom. The zero-order valence-electron chi connectivity index (χ0n) is 12.4. The number of hydrogen-bond donors (Lipinski definition) is 2. The summed E-state index contributed by atoms with van der Waals surface area (Å²) in [4.78, 5) is 12.2. The first-order chi connectivity index (χ1) is 9.95. The van der Waals surface area contributed by atoms with Gasteiger partial charge >= 0.3 is 0 Å². The van der Waals surface area contributed by atoms with Crippen LogP contribution in [-0.2, 0) is 4.79 Å². The van der Waals surface area contributed by atoms with Crippen LogP contribution in [0, 0.1) is 13.8 Å². The first-order valence-electron chi connectivity index (χ1n) is 6.86. The molecule has 2 aromatic rings. The lowest BCUT2D eigenvalue weighted by atomic mass is 10.2. The molecule has 2 N–H and O–H groups in total. The molecule has 3 nitrogen and oxygen atoms in total. The van der Waals surface area contributed by atoms with E-state index in [2.05, 4.69) is 10.6 Å². The fourth-order valence-electron chi connectivity index (χ4n) is 1.94. The van der Waals surface area contributed by atoms with E-state index < -0.39 is 0 Å². The Morgan fingerprint density at radius 2 is 1.67 bits per heavy atom. The van der Waals surface area contributed by atoms with Gasteiger partial charge in [-0.25, -0.2) is 0 Å². The zero-order chi connectivity index (χ0) is 15.4. The van der Waals surface area contributed by atoms with Crippen molar-refractivity contribution in [2.75, 3.05) is 10.6 Å². The van der Waals surface area contributed by atoms with Crippen LogP contribution in [0.3, 0.4) is 0 Å². The third kappa shape index (κ3) is 4.23. The summed E-state index contributed by atoms with van der Waals surface area (Å²) in [5.74, 6) is -0.101. The summed E-state index contributed by atoms with van der Waals surface area (Å²) in [6.07, 6.45) is 0. The maximum atomic E-state index is 12.2. The van der Waals surface area contributed by atoms with Crippen LogP contribution in [0.25, 0.3) is 0 Å². The molecular weight excluding hydrogens is 284 g/mol. The highest BCUT2D eigenvalue weighted by molar-refractivity contribution is 6.33. The van der Waals surface area contributed by atoms with E-state index in [1.54, 1.807) is 0 Å². The molecule has 2 aromatic carbocycles. The lowest BCUT2D eigenvalue weighted by Crippen LogP contribution is -2.32. The van der Waals surface area contributed by atoms with Gasteiger partial charge in [-0.1, -0.05) is 35.4 Å². The van der Waals surface area contributed by atoms with Crippen LogP contribution in [0.2, 0.25) is 5.02 Å². The van der Waals surface area contributed by atoms with Gasteiger partial charge in [-0.05, 0) is 50.6 Å². The number of hydrogen-bond acceptors (Lipinski definition) is 2. The molecular formula is C17H19ClN2O. The van der Waals surface area contributed by atoms with Gasteiger partial charge in [0.25, 0.3) is 0 Å². The van der Waals surface area contributed by atoms with Gasteiger partial charge in [-0.3, -0.25) is 4.79 Å². The van der Waals surface area contributed by atoms with E-state index in [4.69, 9.17) is 11.6 Å². The van der Waals surface area contributed by atoms with Crippen LogP contribution in [0.1, 0.15) is 18.1 Å². The first-order valence-corrected chi connectivity index (χ1v) is 7.24. The highest BCUT2D eigenvalue weighted by Crippen LogP contribution is 2.23. The highest BCUT2D eigenvalue weighted by atomic mass is 35.5. The molecule has 4 heteroatoms. The Kier molecular flexibility index (Phi) is 4.86. The minimum atomic E-state index is -0.384. The summed E-state index contributed by atoms with van der Waals surface area (Å²) in [6, 6.07) is 13.0. The Bertz CT molecular complexity index is 638. The summed E-state index contributed by atoms with van der Waals surface area (Å²) in [5.41, 5.74) is 3.80. The van der Waals surface area contributed by atoms with Crippen molar-refractivity contribution in [1.82, 2.24) is 0 Å². The topological polar surface area (TPSA) is 41.1 Å². The Balaban J connectivity index is 2.02. The summed E-state index contributed by atoms with van der Waals surface area (Å²) in [5, 5.41) is 6.62. The molecule has 0 aliphatic heterocycles. The number of halogens is 1. The number of anilines is 2. The lowest BCUT2D eigenvalue weighted by Gasteiger charge is -2.16. The second kappa shape index (κ2) is 6.64. The zero-order valence-corrected chi connectivity index (χ0v) is 13.2. The predicted molar refractivity (Wildman–Crippen MR) is 89.1 cm³/mol. The van der Waals surface area contributed by atoms with Gasteiger partial charge in [0.1, 0.15) is 6.04 Å². The second-order valence-electron chi connectivity index (χ2n) is 5.20. The van der Waals surface area contributed by atoms with Gasteiger partial charge in [-0.15, -0.1) is 0 Å². The largest absolute Gasteiger partial charge is 0.373 e. The first kappa shape index (κ1) is 15.4. The third-order valence-electron chi connectivity index (χ3n) is 3.21. The molecule has 110 valence electrons. The van der Waals surface area contributed by atoms with E-state index >= 15 is 0 Å². The third-order valence-corrected chi connectivity index (χ3v) is 3.54. The van der Waals surface area contributed by atoms with Crippen LogP contribution in [0.5, 0.6) is 0 Å². The van der Waals surface area contributed by atoms with Crippen molar-refractivity contribution in [2.45, 2.75) is 26.8 Å². The number of carbonyl (C=O) groups excluding carboxylic acids is 1. The van der Waals surface area contributed by atoms with Crippen LogP contribution < -0.4 is 10.6 Å². The molecule has 0 fully saturated rings. The number of carbonyl (C=O) groups is 1. The Labute approximate surface area is 130 Å². The smallest absolute Gasteiger partial charge is 0.246 e. The molecule has 0 aliphatic carbocycles. The minimum Gasteiger partial charge on any atom is -0.373 e. The molecule has 2 rings (SSSR count). The molecule has 0 aliphatic rings. The van der Waals surface area contributed by atoms with Gasteiger partial charge in [0, 0.05) is 5.69 Å². The van der Waals surface area contributed by atoms with E-state index in [0.29, 0.717) is 5.02 Å². The van der Waals surface area contributed by atoms with E-state index in [0.717, 1.165) is 22.5 Å². The van der Waals surface area contributed by atoms with Crippen LogP contribution in [0.15, 0.2) is 42.5 Å². The molecule has 0 radical (unpaired) electrons. The van der Waals surface area contributed by atoms with Crippen LogP contribution in [0.4, 0.5) is 11.4 Å². The molecule has 1 unspecified atom stereocenters. The maximum absolute atomic E-state index is 12.2. The summed E-state index contributed by atoms with van der Waals surface area (Å²) >= 11 is 6.13. The van der Waals surface area contributed by atoms with Crippen molar-refractivity contribution in [3.63, 3.8) is 0 Å². The van der Waals surface area contributed by atoms with Crippen molar-refractivity contribution in [3.05, 3.63) is 58.6 Å². The number of amides is 1. The number of aryl methyl sites for hydroxylation is 2. The molecule has 0 aromatic heterocycles. The number of rotatable bonds is 4. The van der Waals surface area contributed by atoms with Gasteiger partial charge in [-0.2, -0.15) is 0 Å². The van der Waals surface area contributed by atoms with E-state index in [1.807, 2.05) is 63.2 Å². The van der Waals surface area contributed by atoms with Crippen molar-refractivity contribution >= 4 is 28.9 Å². The van der Waals surface area contributed by atoms with E-state index in [1.165, 1.54) is 0 Å². The average molecular weight is 303 g/mol. The molecule has 0 heterocycles. The number of benzene rings is 2. The van der Waals surface area contributed by atoms with Crippen molar-refractivity contribution < 1.29 is 4.79 Å². The average Bonchev–Trinajstić information content (AvgIpc) is 2.45. The minimum absolute atomic E-state index is 0.101. The monoisotopic (exact) mass is 302 g/mol. The molecule has 0 spiro atoms. The van der Waals surface area contributed by atoms with Crippen LogP contribution >= 0.6 is 11.6 Å². The normalized spacial score (nSPS) is 11.8. The molecule has 1 atom stereocenters. The van der Waals surface area contributed by atoms with Crippen molar-refractivity contribution in [2.24, 2.45) is 0 Å². The van der Waals surface area contributed by atoms with Gasteiger partial charge in [0.2, 0.25) is 5.91 Å². The molecule has 0 saturated heterocycles. The SMILES string of the molecule is Cc1ccc(NC(=O)C(C)Nc2cc(C)ccc2Cl)cc1. The van der Waals surface area contributed by atoms with Gasteiger partial charge in [0.15, 0.2) is 0 Å². The molecule has 21 heavy (non-hydrogen) atoms. The summed E-state index contributed by atoms with van der Waals surface area (Å²) in [7, 11) is 0. The lowest BCUT2D eigenvalue weighted by molar-refractivity contribution is -0.116. The summed E-state index contributed by atoms with van der Waals surface area (Å²) < 4.78 is 0. The second-order valence-corrected chi connectivity index (χ2v) is 5.61. The fraction of sp³-hybridized carbons (Fsp3) is 0.235. The Morgan fingerprint density at radius 1 is 1.05 bits per heavy atom. The van der Waals surface area contributed by atoms with Crippen molar-refractivity contribution in [3.8, 4) is 0 Å². The highest BCUT2D eigenvalue weighted by Gasteiger charge is 2.14. The van der Waals surface area contributed by atoms with Gasteiger partial charge in [0.05, 0.1) is 10.7 Å². The Hall–Kier alpha value is -2.00. The standard InChI is InChI=1S/C17H19ClN2O/c1-11-4-7-14(8-5-11)20-17(21)13(3)19-16-10-12(2)6-9-15(16)18/h4-10,13,19H,1-3H3,(H,20,21). The van der Waals surface area contributed by atoms with Crippen molar-refractivity contribution in [1.29, 1.82) is 0 Å². The van der Waals surface area contributed by atoms with Gasteiger partial charge < -0.3 is 10.6 Å². The fourth-order valence-corrected chi connectivity index (χ4v) is 2.11. The molecule has 0 bridgehead atoms. The quantitative estimate of drug-likeness (QED) is 0.879. The maximum Gasteiger partial charge on any atom is 0.246 e. The van der Waals surface area contributed by atoms with E-state index in [-0.39, 0.29) is 11.9 Å². The molecule has 0 saturated carbocycles. The van der Waals surface area contributed by atoms with E-state index in [9.17, 15) is 4.79 Å². The summed E-state index contributed by atoms with van der Waals surface area (Å²) in [6.45, 7) is 5.80. The molecule has 1 amide bonds.